The van der Waals surface area contributed by atoms with Crippen molar-refractivity contribution in [3.63, 3.8) is 0 Å². The van der Waals surface area contributed by atoms with Gasteiger partial charge >= 0.3 is 5.97 Å². The molecule has 0 N–H and O–H groups in total. The normalized spacial score (nSPS) is 23.0. The SMILES string of the molecule is CC/C(=C(\O[Si](C)(C)C(C)(C)C)[C@H]1[C@H](O[Si](C)(C)C(C)(C)C)CC(=O)[C@@H]1C/C=C\CCCC(=O)OC)C1(Cc2cccs2)CCC1. The first-order chi connectivity index (χ1) is 21.3. The molecule has 3 atom stereocenters. The van der Waals surface area contributed by atoms with Gasteiger partial charge in [0.2, 0.25) is 8.32 Å². The number of Topliss-reactive ketones (excluding diaryl/α,β-unsaturated/α-hetero) is 1. The molecule has 0 aliphatic heterocycles. The Labute approximate surface area is 287 Å². The summed E-state index contributed by atoms with van der Waals surface area (Å²) in [7, 11) is -3.03. The van der Waals surface area contributed by atoms with Crippen LogP contribution in [0.15, 0.2) is 41.0 Å². The molecule has 0 spiro atoms. The van der Waals surface area contributed by atoms with E-state index in [1.54, 1.807) is 0 Å². The van der Waals surface area contributed by atoms with E-state index in [4.69, 9.17) is 13.6 Å². The van der Waals surface area contributed by atoms with Crippen LogP contribution in [0.3, 0.4) is 0 Å². The van der Waals surface area contributed by atoms with Crippen LogP contribution in [0.1, 0.15) is 111 Å². The van der Waals surface area contributed by atoms with Crippen LogP contribution in [0.4, 0.5) is 0 Å². The fourth-order valence-electron chi connectivity index (χ4n) is 6.57. The predicted octanol–water partition coefficient (Wildman–Crippen LogP) is 11.0. The number of ketones is 1. The van der Waals surface area contributed by atoms with Gasteiger partial charge in [0.15, 0.2) is 8.32 Å². The molecule has 2 fully saturated rings. The van der Waals surface area contributed by atoms with E-state index < -0.39 is 16.6 Å². The third-order valence-corrected chi connectivity index (χ3v) is 21.3. The average Bonchev–Trinajstić information content (AvgIpc) is 3.54. The summed E-state index contributed by atoms with van der Waals surface area (Å²) in [5, 5.41) is 2.24. The second-order valence-corrected chi connectivity index (χ2v) is 27.4. The number of thiophene rings is 1. The van der Waals surface area contributed by atoms with Gasteiger partial charge < -0.3 is 13.6 Å². The zero-order chi connectivity index (χ0) is 34.6. The second-order valence-electron chi connectivity index (χ2n) is 16.8. The highest BCUT2D eigenvalue weighted by atomic mass is 32.1. The largest absolute Gasteiger partial charge is 0.546 e. The summed E-state index contributed by atoms with van der Waals surface area (Å²) in [5.74, 6) is 0.921. The summed E-state index contributed by atoms with van der Waals surface area (Å²) in [4.78, 5) is 27.2. The van der Waals surface area contributed by atoms with Crippen LogP contribution in [-0.4, -0.2) is 41.6 Å². The predicted molar refractivity (Wildman–Crippen MR) is 198 cm³/mol. The number of hydrogen-bond donors (Lipinski definition) is 0. The van der Waals surface area contributed by atoms with Gasteiger partial charge in [-0.15, -0.1) is 11.3 Å². The minimum absolute atomic E-state index is 0.0189. The molecule has 0 saturated heterocycles. The van der Waals surface area contributed by atoms with Crippen LogP contribution in [0, 0.1) is 17.3 Å². The summed E-state index contributed by atoms with van der Waals surface area (Å²) in [5.41, 5.74) is 1.51. The van der Waals surface area contributed by atoms with E-state index in [1.807, 2.05) is 11.3 Å². The quantitative estimate of drug-likeness (QED) is 0.0603. The lowest BCUT2D eigenvalue weighted by atomic mass is 9.60. The molecule has 0 amide bonds. The lowest BCUT2D eigenvalue weighted by Crippen LogP contribution is -2.48. The van der Waals surface area contributed by atoms with Gasteiger partial charge in [0.05, 0.1) is 24.9 Å². The zero-order valence-corrected chi connectivity index (χ0v) is 34.0. The molecule has 3 rings (SSSR count). The molecule has 1 aromatic heterocycles. The molecule has 0 bridgehead atoms. The summed E-state index contributed by atoms with van der Waals surface area (Å²) >= 11 is 1.86. The first kappa shape index (κ1) is 39.0. The van der Waals surface area contributed by atoms with Crippen molar-refractivity contribution in [3.05, 3.63) is 45.9 Å². The molecule has 46 heavy (non-hydrogen) atoms. The molecule has 0 aromatic carbocycles. The van der Waals surface area contributed by atoms with E-state index in [1.165, 1.54) is 24.0 Å². The Kier molecular flexibility index (Phi) is 13.0. The van der Waals surface area contributed by atoms with Gasteiger partial charge in [0.25, 0.3) is 0 Å². The molecular formula is C38H64O5SSi2. The maximum Gasteiger partial charge on any atom is 0.305 e. The average molecular weight is 689 g/mol. The minimum Gasteiger partial charge on any atom is -0.546 e. The highest BCUT2D eigenvalue weighted by Crippen LogP contribution is 2.56. The maximum absolute atomic E-state index is 14.1. The standard InChI is InChI=1S/C38H64O5SSi2/c1-13-30(38(23-19-24-38)27-28-20-18-25-44-28)35(43-46(11,12)37(5,6)7)34-29(21-16-14-15-17-22-33(40)41-8)31(39)26-32(34)42-45(9,10)36(2,3)4/h14,16,18,20,25,29,32,34H,13,15,17,19,21-24,26-27H2,1-12H3/b16-14-,35-30+/t29-,32+,34+/m0/s1. The van der Waals surface area contributed by atoms with Gasteiger partial charge in [-0.1, -0.05) is 73.1 Å². The Hall–Kier alpha value is -1.49. The van der Waals surface area contributed by atoms with E-state index in [-0.39, 0.29) is 39.4 Å². The third kappa shape index (κ3) is 9.14. The van der Waals surface area contributed by atoms with Crippen LogP contribution < -0.4 is 0 Å². The summed E-state index contributed by atoms with van der Waals surface area (Å²) in [6.45, 7) is 25.4. The van der Waals surface area contributed by atoms with Crippen LogP contribution in [0.2, 0.25) is 36.3 Å². The molecule has 0 unspecified atom stereocenters. The third-order valence-electron chi connectivity index (χ3n) is 11.6. The van der Waals surface area contributed by atoms with Crippen molar-refractivity contribution in [3.8, 4) is 0 Å². The number of unbranched alkanes of at least 4 members (excludes halogenated alkanes) is 1. The van der Waals surface area contributed by atoms with Crippen molar-refractivity contribution in [2.75, 3.05) is 7.11 Å². The number of esters is 1. The minimum atomic E-state index is -2.27. The van der Waals surface area contributed by atoms with Crippen molar-refractivity contribution < 1.29 is 23.2 Å². The Balaban J connectivity index is 2.16. The molecule has 1 heterocycles. The number of ether oxygens (including phenoxy) is 1. The van der Waals surface area contributed by atoms with Crippen LogP contribution >= 0.6 is 11.3 Å². The summed E-state index contributed by atoms with van der Waals surface area (Å²) in [6, 6.07) is 4.45. The Bertz CT molecular complexity index is 1230. The smallest absolute Gasteiger partial charge is 0.305 e. The van der Waals surface area contributed by atoms with Gasteiger partial charge in [-0.3, -0.25) is 9.59 Å². The number of allylic oxidation sites excluding steroid dienone is 3. The van der Waals surface area contributed by atoms with Crippen LogP contribution in [-0.2, 0) is 29.6 Å². The Morgan fingerprint density at radius 1 is 1.04 bits per heavy atom. The molecular weight excluding hydrogens is 625 g/mol. The van der Waals surface area contributed by atoms with Gasteiger partial charge in [-0.05, 0) is 104 Å². The monoisotopic (exact) mass is 688 g/mol. The Morgan fingerprint density at radius 2 is 1.70 bits per heavy atom. The molecule has 1 aromatic rings. The van der Waals surface area contributed by atoms with Gasteiger partial charge in [-0.25, -0.2) is 0 Å². The van der Waals surface area contributed by atoms with Crippen LogP contribution in [0.5, 0.6) is 0 Å². The fraction of sp³-hybridized carbons (Fsp3) is 0.737. The molecule has 2 aliphatic rings. The van der Waals surface area contributed by atoms with Crippen molar-refractivity contribution >= 4 is 39.7 Å². The molecule has 0 radical (unpaired) electrons. The van der Waals surface area contributed by atoms with Crippen molar-refractivity contribution in [1.82, 2.24) is 0 Å². The molecule has 5 nitrogen and oxygen atoms in total. The zero-order valence-electron chi connectivity index (χ0n) is 31.1. The van der Waals surface area contributed by atoms with E-state index >= 15 is 0 Å². The number of carbonyl (C=O) groups excluding carboxylic acids is 2. The number of rotatable bonds is 15. The molecule has 260 valence electrons. The highest BCUT2D eigenvalue weighted by molar-refractivity contribution is 7.09. The van der Waals surface area contributed by atoms with E-state index in [0.717, 1.165) is 44.3 Å². The first-order valence-electron chi connectivity index (χ1n) is 17.7. The lowest BCUT2D eigenvalue weighted by Gasteiger charge is -2.49. The summed E-state index contributed by atoms with van der Waals surface area (Å²) in [6.07, 6.45) is 12.7. The first-order valence-corrected chi connectivity index (χ1v) is 24.4. The summed E-state index contributed by atoms with van der Waals surface area (Å²) < 4.78 is 19.6. The lowest BCUT2D eigenvalue weighted by molar-refractivity contribution is -0.140. The highest BCUT2D eigenvalue weighted by Gasteiger charge is 2.54. The number of methoxy groups -OCH3 is 1. The fourth-order valence-corrected chi connectivity index (χ4v) is 9.87. The number of carbonyl (C=O) groups is 2. The van der Waals surface area contributed by atoms with E-state index in [2.05, 4.69) is 104 Å². The van der Waals surface area contributed by atoms with Crippen molar-refractivity contribution in [2.45, 2.75) is 155 Å². The van der Waals surface area contributed by atoms with E-state index in [9.17, 15) is 9.59 Å². The topological polar surface area (TPSA) is 61.8 Å². The maximum atomic E-state index is 14.1. The molecule has 2 aliphatic carbocycles. The van der Waals surface area contributed by atoms with Gasteiger partial charge in [0.1, 0.15) is 5.78 Å². The molecule has 2 saturated carbocycles. The van der Waals surface area contributed by atoms with Gasteiger partial charge in [-0.2, -0.15) is 0 Å². The number of hydrogen-bond acceptors (Lipinski definition) is 6. The molecule has 8 heteroatoms. The van der Waals surface area contributed by atoms with Crippen LogP contribution in [0.25, 0.3) is 0 Å². The second kappa shape index (κ2) is 15.4. The van der Waals surface area contributed by atoms with Gasteiger partial charge in [0, 0.05) is 23.6 Å². The van der Waals surface area contributed by atoms with Crippen molar-refractivity contribution in [2.24, 2.45) is 17.3 Å². The van der Waals surface area contributed by atoms with E-state index in [0.29, 0.717) is 25.0 Å². The Morgan fingerprint density at radius 3 is 2.20 bits per heavy atom. The van der Waals surface area contributed by atoms with Crippen molar-refractivity contribution in [1.29, 1.82) is 0 Å².